The lowest BCUT2D eigenvalue weighted by atomic mass is 9.96. The van der Waals surface area contributed by atoms with Gasteiger partial charge < -0.3 is 30.7 Å². The van der Waals surface area contributed by atoms with Crippen LogP contribution in [0.5, 0.6) is 0 Å². The van der Waals surface area contributed by atoms with Gasteiger partial charge in [0.2, 0.25) is 5.91 Å². The highest BCUT2D eigenvalue weighted by Crippen LogP contribution is 2.37. The van der Waals surface area contributed by atoms with E-state index in [1.165, 1.54) is 42.2 Å². The molecule has 49 heavy (non-hydrogen) atoms. The van der Waals surface area contributed by atoms with Crippen molar-refractivity contribution in [1.29, 1.82) is 0 Å². The Morgan fingerprint density at radius 1 is 1.02 bits per heavy atom. The number of hydrogen-bond acceptors (Lipinski definition) is 8. The molecule has 0 aliphatic carbocycles. The number of rotatable bonds is 6. The molecule has 2 aliphatic rings. The van der Waals surface area contributed by atoms with Crippen molar-refractivity contribution >= 4 is 40.8 Å². The lowest BCUT2D eigenvalue weighted by Crippen LogP contribution is -2.52. The van der Waals surface area contributed by atoms with E-state index < -0.39 is 17.8 Å². The molecule has 0 atom stereocenters. The zero-order valence-electron chi connectivity index (χ0n) is 26.7. The number of aryl methyl sites for hydroxylation is 1. The molecule has 258 valence electrons. The maximum Gasteiger partial charge on any atom is 0.435 e. The van der Waals surface area contributed by atoms with Crippen LogP contribution in [-0.4, -0.2) is 91.1 Å². The van der Waals surface area contributed by atoms with E-state index in [2.05, 4.69) is 25.7 Å². The molecule has 17 heteroatoms. The molecular formula is C32H34ClF3N10O3. The lowest BCUT2D eigenvalue weighted by Gasteiger charge is -2.37. The number of nitrogens with one attached hydrogen (secondary N) is 2. The summed E-state index contributed by atoms with van der Waals surface area (Å²) >= 11 is 6.48. The molecule has 5 heterocycles. The maximum absolute atomic E-state index is 14.1. The number of piperazine rings is 1. The molecule has 0 unspecified atom stereocenters. The van der Waals surface area contributed by atoms with E-state index in [0.29, 0.717) is 31.7 Å². The van der Waals surface area contributed by atoms with Gasteiger partial charge in [0, 0.05) is 51.0 Å². The summed E-state index contributed by atoms with van der Waals surface area (Å²) in [6.45, 7) is 4.95. The van der Waals surface area contributed by atoms with Crippen molar-refractivity contribution < 1.29 is 27.6 Å². The van der Waals surface area contributed by atoms with Crippen LogP contribution in [0.2, 0.25) is 5.02 Å². The quantitative estimate of drug-likeness (QED) is 0.275. The Morgan fingerprint density at radius 2 is 1.71 bits per heavy atom. The second-order valence-electron chi connectivity index (χ2n) is 12.0. The van der Waals surface area contributed by atoms with Gasteiger partial charge in [-0.05, 0) is 62.7 Å². The highest BCUT2D eigenvalue weighted by Gasteiger charge is 2.39. The van der Waals surface area contributed by atoms with Crippen molar-refractivity contribution in [2.45, 2.75) is 25.9 Å². The van der Waals surface area contributed by atoms with E-state index in [0.717, 1.165) is 36.8 Å². The molecule has 3 amide bonds. The number of piperidine rings is 1. The van der Waals surface area contributed by atoms with Gasteiger partial charge in [-0.2, -0.15) is 18.3 Å². The van der Waals surface area contributed by atoms with E-state index in [1.807, 2.05) is 4.90 Å². The first-order valence-corrected chi connectivity index (χ1v) is 16.0. The average Bonchev–Trinajstić information content (AvgIpc) is 3.70. The molecule has 4 N–H and O–H groups in total. The van der Waals surface area contributed by atoms with Crippen LogP contribution < -0.4 is 16.4 Å². The van der Waals surface area contributed by atoms with Gasteiger partial charge >= 0.3 is 6.18 Å². The van der Waals surface area contributed by atoms with Crippen LogP contribution in [-0.2, 0) is 18.0 Å². The highest BCUT2D eigenvalue weighted by molar-refractivity contribution is 6.34. The molecule has 6 rings (SSSR count). The van der Waals surface area contributed by atoms with Gasteiger partial charge in [0.1, 0.15) is 5.82 Å². The van der Waals surface area contributed by atoms with Crippen LogP contribution in [0.3, 0.4) is 0 Å². The van der Waals surface area contributed by atoms with Crippen molar-refractivity contribution in [3.05, 3.63) is 70.5 Å². The second kappa shape index (κ2) is 13.5. The minimum atomic E-state index is -4.81. The molecule has 0 radical (unpaired) electrons. The normalized spacial score (nSPS) is 15.8. The zero-order valence-corrected chi connectivity index (χ0v) is 27.5. The summed E-state index contributed by atoms with van der Waals surface area (Å²) in [6, 6.07) is 5.98. The van der Waals surface area contributed by atoms with Crippen molar-refractivity contribution in [3.8, 4) is 16.9 Å². The predicted octanol–water partition coefficient (Wildman–Crippen LogP) is 3.77. The van der Waals surface area contributed by atoms with Crippen LogP contribution in [0.25, 0.3) is 16.9 Å². The first kappa shape index (κ1) is 33.9. The van der Waals surface area contributed by atoms with Crippen LogP contribution in [0.1, 0.15) is 45.1 Å². The Labute approximate surface area is 284 Å². The molecule has 0 saturated carbocycles. The van der Waals surface area contributed by atoms with Crippen LogP contribution in [0, 0.1) is 12.8 Å². The molecule has 4 aromatic rings. The van der Waals surface area contributed by atoms with Crippen molar-refractivity contribution in [2.75, 3.05) is 50.3 Å². The van der Waals surface area contributed by atoms with Crippen molar-refractivity contribution in [2.24, 2.45) is 13.0 Å². The van der Waals surface area contributed by atoms with Gasteiger partial charge in [-0.15, -0.1) is 0 Å². The fraction of sp³-hybridized carbons (Fsp3) is 0.375. The zero-order chi connectivity index (χ0) is 35.0. The first-order chi connectivity index (χ1) is 23.3. The van der Waals surface area contributed by atoms with Gasteiger partial charge in [-0.3, -0.25) is 14.4 Å². The van der Waals surface area contributed by atoms with Crippen LogP contribution in [0.15, 0.2) is 42.9 Å². The van der Waals surface area contributed by atoms with E-state index in [9.17, 15) is 27.6 Å². The molecule has 13 nitrogen and oxygen atoms in total. The Bertz CT molecular complexity index is 1910. The predicted molar refractivity (Wildman–Crippen MR) is 175 cm³/mol. The summed E-state index contributed by atoms with van der Waals surface area (Å²) in [4.78, 5) is 50.9. The Balaban J connectivity index is 1.14. The van der Waals surface area contributed by atoms with E-state index in [-0.39, 0.29) is 62.6 Å². The summed E-state index contributed by atoms with van der Waals surface area (Å²) in [5.41, 5.74) is 5.62. The standard InChI is InChI=1S/C32H34ClF3N10O3/c1-18-13-21(15-39-27(18)37)46-17-23(26(42-46)32(34,35)36)25-16-40-28(43(25)2)29(47)41-20-3-4-22(24(33)14-20)31(49)45-11-9-44(10-12-45)30(48)19-5-7-38-8-6-19/h3-4,13-17,19,38H,5-12H2,1-2H3,(H2,37,39)(H,41,47). The minimum Gasteiger partial charge on any atom is -0.383 e. The van der Waals surface area contributed by atoms with Crippen molar-refractivity contribution in [1.82, 2.24) is 39.4 Å². The number of nitrogens with two attached hydrogens (primary N) is 1. The highest BCUT2D eigenvalue weighted by atomic mass is 35.5. The fourth-order valence-electron chi connectivity index (χ4n) is 6.05. The van der Waals surface area contributed by atoms with Crippen LogP contribution in [0.4, 0.5) is 24.7 Å². The van der Waals surface area contributed by atoms with Crippen molar-refractivity contribution in [3.63, 3.8) is 0 Å². The van der Waals surface area contributed by atoms with Gasteiger partial charge in [0.05, 0.1) is 39.9 Å². The van der Waals surface area contributed by atoms with E-state index in [4.69, 9.17) is 17.3 Å². The molecule has 3 aromatic heterocycles. The lowest BCUT2D eigenvalue weighted by molar-refractivity contribution is -0.141. The number of carbonyl (C=O) groups is 3. The number of anilines is 2. The largest absolute Gasteiger partial charge is 0.435 e. The number of carbonyl (C=O) groups excluding carboxylic acids is 3. The maximum atomic E-state index is 14.1. The smallest absolute Gasteiger partial charge is 0.383 e. The molecule has 2 fully saturated rings. The molecule has 2 saturated heterocycles. The molecule has 1 aromatic carbocycles. The molecule has 0 bridgehead atoms. The summed E-state index contributed by atoms with van der Waals surface area (Å²) in [5, 5.41) is 9.77. The second-order valence-corrected chi connectivity index (χ2v) is 12.5. The van der Waals surface area contributed by atoms with Crippen LogP contribution >= 0.6 is 11.6 Å². The fourth-order valence-corrected chi connectivity index (χ4v) is 6.31. The third kappa shape index (κ3) is 6.96. The topological polar surface area (TPSA) is 156 Å². The third-order valence-corrected chi connectivity index (χ3v) is 9.16. The number of nitrogen functional groups attached to an aromatic ring is 1. The SMILES string of the molecule is Cc1cc(-n2cc(-c3cnc(C(=O)Nc4ccc(C(=O)N5CCN(C(=O)C6CCNCC6)CC5)c(Cl)c4)n3C)c(C(F)(F)F)n2)cnc1N. The number of hydrogen-bond donors (Lipinski definition) is 3. The number of pyridine rings is 1. The molecular weight excluding hydrogens is 665 g/mol. The number of nitrogens with zero attached hydrogens (tertiary/aromatic N) is 7. The third-order valence-electron chi connectivity index (χ3n) is 8.84. The molecule has 2 aliphatic heterocycles. The number of aromatic nitrogens is 5. The van der Waals surface area contributed by atoms with E-state index in [1.54, 1.807) is 17.9 Å². The monoisotopic (exact) mass is 698 g/mol. The van der Waals surface area contributed by atoms with Gasteiger partial charge in [-0.25, -0.2) is 14.6 Å². The summed E-state index contributed by atoms with van der Waals surface area (Å²) in [7, 11) is 1.41. The Kier molecular flexibility index (Phi) is 9.35. The average molecular weight is 699 g/mol. The number of amides is 3. The van der Waals surface area contributed by atoms with Gasteiger partial charge in [-0.1, -0.05) is 11.6 Å². The van der Waals surface area contributed by atoms with Gasteiger partial charge in [0.25, 0.3) is 11.8 Å². The summed E-state index contributed by atoms with van der Waals surface area (Å²) in [5.74, 6) is -0.791. The number of alkyl halides is 3. The number of benzene rings is 1. The molecule has 0 spiro atoms. The minimum absolute atomic E-state index is 0.000347. The Morgan fingerprint density at radius 3 is 2.37 bits per heavy atom. The number of halogens is 4. The Hall–Kier alpha value is -4.96. The van der Waals surface area contributed by atoms with Gasteiger partial charge in [0.15, 0.2) is 11.5 Å². The number of imidazole rings is 1. The van der Waals surface area contributed by atoms with E-state index >= 15 is 0 Å². The summed E-state index contributed by atoms with van der Waals surface area (Å²) in [6.07, 6.45) is 0.474. The first-order valence-electron chi connectivity index (χ1n) is 15.6. The summed E-state index contributed by atoms with van der Waals surface area (Å²) < 4.78 is 44.5.